The van der Waals surface area contributed by atoms with E-state index in [2.05, 4.69) is 26.4 Å². The highest BCUT2D eigenvalue weighted by Gasteiger charge is 2.07. The largest absolute Gasteiger partial charge is 0.449 e. The first-order chi connectivity index (χ1) is 11.1. The lowest BCUT2D eigenvalue weighted by atomic mass is 10.1. The van der Waals surface area contributed by atoms with E-state index in [0.717, 1.165) is 11.1 Å². The average molecular weight is 315 g/mol. The normalized spacial score (nSPS) is 9.83. The van der Waals surface area contributed by atoms with Crippen LogP contribution in [0.15, 0.2) is 30.3 Å². The molecule has 8 heteroatoms. The van der Waals surface area contributed by atoms with Crippen molar-refractivity contribution < 1.29 is 14.3 Å². The molecule has 0 bridgehead atoms. The number of aromatic nitrogens is 2. The molecule has 2 rings (SSSR count). The van der Waals surface area contributed by atoms with Crippen LogP contribution in [-0.4, -0.2) is 29.3 Å². The van der Waals surface area contributed by atoms with Crippen LogP contribution in [0.2, 0.25) is 0 Å². The highest BCUT2D eigenvalue weighted by atomic mass is 16.5. The smallest absolute Gasteiger partial charge is 0.425 e. The molecular weight excluding hydrogens is 298 g/mol. The molecule has 0 aliphatic rings. The van der Waals surface area contributed by atoms with Gasteiger partial charge in [0.2, 0.25) is 6.41 Å². The topological polar surface area (TPSA) is 105 Å². The van der Waals surface area contributed by atoms with Crippen molar-refractivity contribution in [2.75, 3.05) is 17.3 Å². The lowest BCUT2D eigenvalue weighted by Gasteiger charge is -2.10. The van der Waals surface area contributed by atoms with Gasteiger partial charge in [0, 0.05) is 11.3 Å². The van der Waals surface area contributed by atoms with Gasteiger partial charge >= 0.3 is 6.09 Å². The summed E-state index contributed by atoms with van der Waals surface area (Å²) < 4.78 is 4.73. The molecule has 2 amide bonds. The van der Waals surface area contributed by atoms with Gasteiger partial charge < -0.3 is 10.1 Å². The van der Waals surface area contributed by atoms with E-state index in [1.807, 2.05) is 19.1 Å². The Labute approximate surface area is 133 Å². The Bertz CT molecular complexity index is 688. The fourth-order valence-corrected chi connectivity index (χ4v) is 1.91. The van der Waals surface area contributed by atoms with E-state index in [-0.39, 0.29) is 6.61 Å². The molecule has 1 aromatic carbocycles. The minimum absolute atomic E-state index is 0.284. The van der Waals surface area contributed by atoms with Crippen molar-refractivity contribution in [1.29, 1.82) is 0 Å². The zero-order valence-corrected chi connectivity index (χ0v) is 12.8. The minimum Gasteiger partial charge on any atom is -0.449 e. The van der Waals surface area contributed by atoms with Gasteiger partial charge in [0.1, 0.15) is 0 Å². The standard InChI is InChI=1S/C15H17N5O3/c1-3-23-15(22)20-18-13-8-10(2)14(19-17-13)11-4-6-12(7-5-11)16-9-21/h4-9H,3H2,1-2H3,(H,16,21)(H,17,18)(H,20,22). The molecular formula is C15H17N5O3. The second-order valence-electron chi connectivity index (χ2n) is 4.57. The number of hydrogen-bond acceptors (Lipinski definition) is 6. The van der Waals surface area contributed by atoms with Crippen LogP contribution in [0.5, 0.6) is 0 Å². The highest BCUT2D eigenvalue weighted by molar-refractivity contribution is 5.74. The van der Waals surface area contributed by atoms with Crippen LogP contribution in [-0.2, 0) is 9.53 Å². The van der Waals surface area contributed by atoms with Gasteiger partial charge in [-0.3, -0.25) is 10.2 Å². The quantitative estimate of drug-likeness (QED) is 0.557. The summed E-state index contributed by atoms with van der Waals surface area (Å²) in [5.41, 5.74) is 8.14. The Morgan fingerprint density at radius 2 is 2.00 bits per heavy atom. The van der Waals surface area contributed by atoms with Crippen molar-refractivity contribution in [1.82, 2.24) is 15.6 Å². The van der Waals surface area contributed by atoms with Gasteiger partial charge in [-0.2, -0.15) is 0 Å². The molecule has 0 spiro atoms. The first-order valence-corrected chi connectivity index (χ1v) is 6.97. The van der Waals surface area contributed by atoms with Crippen molar-refractivity contribution in [3.05, 3.63) is 35.9 Å². The number of anilines is 2. The summed E-state index contributed by atoms with van der Waals surface area (Å²) in [5, 5.41) is 10.7. The summed E-state index contributed by atoms with van der Waals surface area (Å²) >= 11 is 0. The number of nitrogens with zero attached hydrogens (tertiary/aromatic N) is 2. The third kappa shape index (κ3) is 4.40. The minimum atomic E-state index is -0.589. The van der Waals surface area contributed by atoms with Crippen LogP contribution in [0.1, 0.15) is 12.5 Å². The molecule has 1 heterocycles. The van der Waals surface area contributed by atoms with E-state index >= 15 is 0 Å². The van der Waals surface area contributed by atoms with Gasteiger partial charge in [-0.25, -0.2) is 10.2 Å². The SMILES string of the molecule is CCOC(=O)NNc1cc(C)c(-c2ccc(NC=O)cc2)nn1. The van der Waals surface area contributed by atoms with Gasteiger partial charge in [-0.05, 0) is 37.6 Å². The number of hydrogen-bond donors (Lipinski definition) is 3. The van der Waals surface area contributed by atoms with Crippen LogP contribution in [0.3, 0.4) is 0 Å². The van der Waals surface area contributed by atoms with Crippen molar-refractivity contribution in [3.63, 3.8) is 0 Å². The Morgan fingerprint density at radius 3 is 2.61 bits per heavy atom. The van der Waals surface area contributed by atoms with Crippen LogP contribution in [0, 0.1) is 6.92 Å². The van der Waals surface area contributed by atoms with Crippen molar-refractivity contribution in [3.8, 4) is 11.3 Å². The molecule has 8 nitrogen and oxygen atoms in total. The van der Waals surface area contributed by atoms with E-state index in [0.29, 0.717) is 23.6 Å². The zero-order valence-electron chi connectivity index (χ0n) is 12.8. The summed E-state index contributed by atoms with van der Waals surface area (Å²) in [6.45, 7) is 3.89. The molecule has 2 aromatic rings. The molecule has 0 aliphatic carbocycles. The lowest BCUT2D eigenvalue weighted by molar-refractivity contribution is -0.105. The Morgan fingerprint density at radius 1 is 1.26 bits per heavy atom. The number of nitrogens with one attached hydrogen (secondary N) is 3. The number of rotatable bonds is 6. The van der Waals surface area contributed by atoms with Gasteiger partial charge in [0.05, 0.1) is 12.3 Å². The predicted octanol–water partition coefficient (Wildman–Crippen LogP) is 2.09. The average Bonchev–Trinajstić information content (AvgIpc) is 2.55. The molecule has 0 fully saturated rings. The summed E-state index contributed by atoms with van der Waals surface area (Å²) in [4.78, 5) is 21.6. The van der Waals surface area contributed by atoms with Crippen molar-refractivity contribution in [2.24, 2.45) is 0 Å². The van der Waals surface area contributed by atoms with Crippen LogP contribution >= 0.6 is 0 Å². The molecule has 0 saturated heterocycles. The second kappa shape index (κ2) is 7.74. The van der Waals surface area contributed by atoms with Gasteiger partial charge in [-0.1, -0.05) is 12.1 Å². The molecule has 3 N–H and O–H groups in total. The Balaban J connectivity index is 2.09. The zero-order chi connectivity index (χ0) is 16.7. The highest BCUT2D eigenvalue weighted by Crippen LogP contribution is 2.23. The van der Waals surface area contributed by atoms with Crippen molar-refractivity contribution >= 4 is 24.0 Å². The maximum Gasteiger partial charge on any atom is 0.425 e. The molecule has 0 aliphatic heterocycles. The van der Waals surface area contributed by atoms with E-state index in [9.17, 15) is 9.59 Å². The van der Waals surface area contributed by atoms with Crippen molar-refractivity contribution in [2.45, 2.75) is 13.8 Å². The van der Waals surface area contributed by atoms with E-state index in [1.165, 1.54) is 0 Å². The first kappa shape index (κ1) is 16.2. The molecule has 120 valence electrons. The first-order valence-electron chi connectivity index (χ1n) is 6.97. The summed E-state index contributed by atoms with van der Waals surface area (Å²) in [7, 11) is 0. The molecule has 0 saturated carbocycles. The van der Waals surface area contributed by atoms with E-state index in [4.69, 9.17) is 4.74 Å². The number of carbonyl (C=O) groups is 2. The maximum atomic E-state index is 11.2. The molecule has 0 unspecified atom stereocenters. The third-order valence-electron chi connectivity index (χ3n) is 2.94. The fraction of sp³-hybridized carbons (Fsp3) is 0.200. The molecule has 0 atom stereocenters. The van der Waals surface area contributed by atoms with E-state index in [1.54, 1.807) is 25.1 Å². The number of carbonyl (C=O) groups excluding carboxylic acids is 2. The number of amides is 2. The summed E-state index contributed by atoms with van der Waals surface area (Å²) in [6.07, 6.45) is 0.0335. The van der Waals surface area contributed by atoms with Crippen LogP contribution in [0.25, 0.3) is 11.3 Å². The molecule has 0 radical (unpaired) electrons. The second-order valence-corrected chi connectivity index (χ2v) is 4.57. The number of benzene rings is 1. The van der Waals surface area contributed by atoms with E-state index < -0.39 is 6.09 Å². The Hall–Kier alpha value is -3.16. The maximum absolute atomic E-state index is 11.2. The number of aryl methyl sites for hydroxylation is 1. The van der Waals surface area contributed by atoms with Crippen LogP contribution < -0.4 is 16.2 Å². The van der Waals surface area contributed by atoms with Crippen LogP contribution in [0.4, 0.5) is 16.3 Å². The molecule has 1 aromatic heterocycles. The summed E-state index contributed by atoms with van der Waals surface area (Å²) in [5.74, 6) is 0.401. The predicted molar refractivity (Wildman–Crippen MR) is 85.7 cm³/mol. The third-order valence-corrected chi connectivity index (χ3v) is 2.94. The Kier molecular flexibility index (Phi) is 5.45. The summed E-state index contributed by atoms with van der Waals surface area (Å²) in [6, 6.07) is 8.99. The van der Waals surface area contributed by atoms with Gasteiger partial charge in [0.15, 0.2) is 5.82 Å². The lowest BCUT2D eigenvalue weighted by Crippen LogP contribution is -2.30. The van der Waals surface area contributed by atoms with Gasteiger partial charge in [-0.15, -0.1) is 10.2 Å². The number of hydrazine groups is 1. The monoisotopic (exact) mass is 315 g/mol. The van der Waals surface area contributed by atoms with Gasteiger partial charge in [0.25, 0.3) is 0 Å². The fourth-order valence-electron chi connectivity index (χ4n) is 1.91. The molecule has 23 heavy (non-hydrogen) atoms. The number of ether oxygens (including phenoxy) is 1.